The molecule has 4 nitrogen and oxygen atoms in total. The van der Waals surface area contributed by atoms with Crippen molar-refractivity contribution in [3.8, 4) is 12.1 Å². The first-order valence-corrected chi connectivity index (χ1v) is 12.4. The molecular weight excluding hydrogens is 567 g/mol. The summed E-state index contributed by atoms with van der Waals surface area (Å²) in [5, 5.41) is 19.8. The Morgan fingerprint density at radius 1 is 0.683 bits per heavy atom. The highest BCUT2D eigenvalue weighted by Crippen LogP contribution is 2.60. The number of benzene rings is 2. The molecular formula is C28H17F9N2O2. The van der Waals surface area contributed by atoms with E-state index in [0.717, 1.165) is 12.1 Å². The van der Waals surface area contributed by atoms with Gasteiger partial charge >= 0.3 is 12.4 Å². The molecule has 3 aliphatic carbocycles. The Hall–Kier alpha value is -3.87. The number of ketones is 2. The Morgan fingerprint density at radius 2 is 1.05 bits per heavy atom. The Balaban J connectivity index is 1.50. The molecule has 214 valence electrons. The van der Waals surface area contributed by atoms with Gasteiger partial charge in [0.05, 0.1) is 46.9 Å². The summed E-state index contributed by atoms with van der Waals surface area (Å²) >= 11 is 0. The molecule has 0 radical (unpaired) electrons. The van der Waals surface area contributed by atoms with Crippen molar-refractivity contribution in [1.82, 2.24) is 0 Å². The van der Waals surface area contributed by atoms with Crippen LogP contribution in [0.1, 0.15) is 40.5 Å². The van der Waals surface area contributed by atoms with Crippen molar-refractivity contribution in [2.24, 2.45) is 35.5 Å². The van der Waals surface area contributed by atoms with Gasteiger partial charge in [-0.05, 0) is 41.8 Å². The van der Waals surface area contributed by atoms with E-state index in [2.05, 4.69) is 0 Å². The number of hydrogen-bond donors (Lipinski definition) is 0. The molecule has 3 fully saturated rings. The standard InChI is InChI=1S/C28H17F9N2O2/c29-18-5-10(1-3-16(18)27(32,33)34)20-14(8-38)22-12(25(20)40)7-13-23(24(22)31)15(9-39)21(26(13)41)11-2-4-17(19(30)6-11)28(35,36)37/h1-6,12-15,20-24H,7H2. The van der Waals surface area contributed by atoms with Crippen molar-refractivity contribution in [2.75, 3.05) is 0 Å². The van der Waals surface area contributed by atoms with Gasteiger partial charge in [0.1, 0.15) is 29.4 Å². The van der Waals surface area contributed by atoms with E-state index in [1.165, 1.54) is 0 Å². The van der Waals surface area contributed by atoms with Gasteiger partial charge in [-0.2, -0.15) is 36.9 Å². The molecule has 0 spiro atoms. The number of Topliss-reactive ketones (excluding diaryl/α,β-unsaturated/α-hetero) is 2. The maximum Gasteiger partial charge on any atom is 0.419 e. The van der Waals surface area contributed by atoms with Gasteiger partial charge in [0, 0.05) is 23.7 Å². The highest BCUT2D eigenvalue weighted by molar-refractivity contribution is 5.95. The Morgan fingerprint density at radius 3 is 1.34 bits per heavy atom. The summed E-state index contributed by atoms with van der Waals surface area (Å²) in [5.41, 5.74) is -3.72. The zero-order valence-corrected chi connectivity index (χ0v) is 20.5. The SMILES string of the molecule is N#CC1C(c2ccc(C(F)(F)F)c(F)c2)C(=O)C2CC3C(=O)C(c4ccc(C(F)(F)F)c(F)c4)C(C#N)C3C(F)C21. The molecule has 13 heteroatoms. The second-order valence-corrected chi connectivity index (χ2v) is 10.6. The highest BCUT2D eigenvalue weighted by Gasteiger charge is 2.65. The molecule has 0 N–H and O–H groups in total. The van der Waals surface area contributed by atoms with E-state index in [-0.39, 0.29) is 17.5 Å². The number of hydrogen-bond acceptors (Lipinski definition) is 4. The fraction of sp³-hybridized carbons (Fsp3) is 0.429. The zero-order valence-electron chi connectivity index (χ0n) is 20.5. The van der Waals surface area contributed by atoms with E-state index in [4.69, 9.17) is 0 Å². The zero-order chi connectivity index (χ0) is 30.2. The molecule has 8 unspecified atom stereocenters. The minimum Gasteiger partial charge on any atom is -0.299 e. The summed E-state index contributed by atoms with van der Waals surface area (Å²) in [7, 11) is 0. The fourth-order valence-electron chi connectivity index (χ4n) is 7.03. The number of halogens is 9. The van der Waals surface area contributed by atoms with Crippen molar-refractivity contribution in [1.29, 1.82) is 10.5 Å². The Bertz CT molecular complexity index is 1410. The first-order valence-electron chi connectivity index (χ1n) is 12.4. The minimum atomic E-state index is -5.02. The fourth-order valence-corrected chi connectivity index (χ4v) is 7.03. The van der Waals surface area contributed by atoms with Crippen LogP contribution in [-0.2, 0) is 21.9 Å². The first-order chi connectivity index (χ1) is 19.1. The third kappa shape index (κ3) is 4.37. The molecule has 0 amide bonds. The van der Waals surface area contributed by atoms with E-state index in [1.54, 1.807) is 12.1 Å². The van der Waals surface area contributed by atoms with Crippen molar-refractivity contribution in [3.63, 3.8) is 0 Å². The molecule has 2 aromatic carbocycles. The molecule has 5 rings (SSSR count). The van der Waals surface area contributed by atoms with Crippen LogP contribution in [0.2, 0.25) is 0 Å². The molecule has 0 aromatic heterocycles. The largest absolute Gasteiger partial charge is 0.419 e. The Labute approximate surface area is 226 Å². The molecule has 0 aliphatic heterocycles. The maximum atomic E-state index is 16.2. The number of nitrogens with zero attached hydrogens (tertiary/aromatic N) is 2. The van der Waals surface area contributed by atoms with Crippen LogP contribution < -0.4 is 0 Å². The molecule has 3 saturated carbocycles. The van der Waals surface area contributed by atoms with Gasteiger partial charge in [-0.15, -0.1) is 0 Å². The summed E-state index contributed by atoms with van der Waals surface area (Å²) in [5.74, 6) is -16.1. The number of alkyl halides is 7. The quantitative estimate of drug-likeness (QED) is 0.377. The topological polar surface area (TPSA) is 81.7 Å². The predicted octanol–water partition coefficient (Wildman–Crippen LogP) is 6.52. The predicted molar refractivity (Wildman–Crippen MR) is 120 cm³/mol. The molecule has 41 heavy (non-hydrogen) atoms. The van der Waals surface area contributed by atoms with Gasteiger partial charge in [-0.3, -0.25) is 9.59 Å². The number of carbonyl (C=O) groups is 2. The van der Waals surface area contributed by atoms with E-state index >= 15 is 4.39 Å². The number of fused-ring (bicyclic) bond motifs is 2. The summed E-state index contributed by atoms with van der Waals surface area (Å²) in [6.45, 7) is 0. The lowest BCUT2D eigenvalue weighted by atomic mass is 9.65. The lowest BCUT2D eigenvalue weighted by molar-refractivity contribution is -0.140. The highest BCUT2D eigenvalue weighted by atomic mass is 19.4. The van der Waals surface area contributed by atoms with Gasteiger partial charge in [0.15, 0.2) is 0 Å². The Kier molecular flexibility index (Phi) is 6.71. The lowest BCUT2D eigenvalue weighted by Gasteiger charge is -2.38. The van der Waals surface area contributed by atoms with E-state index in [9.17, 15) is 55.2 Å². The van der Waals surface area contributed by atoms with Gasteiger partial charge in [0.2, 0.25) is 0 Å². The van der Waals surface area contributed by atoms with Crippen molar-refractivity contribution in [3.05, 3.63) is 70.3 Å². The van der Waals surface area contributed by atoms with Crippen LogP contribution in [0.3, 0.4) is 0 Å². The lowest BCUT2D eigenvalue weighted by Crippen LogP contribution is -2.44. The van der Waals surface area contributed by atoms with E-state index in [0.29, 0.717) is 24.3 Å². The summed E-state index contributed by atoms with van der Waals surface area (Å²) in [6.07, 6.45) is -12.5. The van der Waals surface area contributed by atoms with Crippen molar-refractivity contribution in [2.45, 2.75) is 36.8 Å². The van der Waals surface area contributed by atoms with Crippen LogP contribution in [-0.4, -0.2) is 17.7 Å². The second-order valence-electron chi connectivity index (χ2n) is 10.6. The molecule has 3 aliphatic rings. The van der Waals surface area contributed by atoms with Crippen LogP contribution in [0.15, 0.2) is 36.4 Å². The molecule has 0 bridgehead atoms. The van der Waals surface area contributed by atoms with Gasteiger partial charge in [0.25, 0.3) is 0 Å². The first kappa shape index (κ1) is 28.7. The van der Waals surface area contributed by atoms with E-state index in [1.807, 2.05) is 0 Å². The average Bonchev–Trinajstić information content (AvgIpc) is 3.33. The molecule has 0 heterocycles. The molecule has 2 aromatic rings. The van der Waals surface area contributed by atoms with Crippen LogP contribution in [0.5, 0.6) is 0 Å². The van der Waals surface area contributed by atoms with Crippen LogP contribution in [0.4, 0.5) is 39.5 Å². The third-order valence-electron chi connectivity index (χ3n) is 8.68. The number of nitriles is 2. The van der Waals surface area contributed by atoms with Crippen molar-refractivity contribution >= 4 is 11.6 Å². The number of carbonyl (C=O) groups excluding carboxylic acids is 2. The second kappa shape index (κ2) is 9.61. The van der Waals surface area contributed by atoms with Crippen molar-refractivity contribution < 1.29 is 49.1 Å². The van der Waals surface area contributed by atoms with Gasteiger partial charge in [-0.25, -0.2) is 13.2 Å². The van der Waals surface area contributed by atoms with Crippen LogP contribution in [0.25, 0.3) is 0 Å². The van der Waals surface area contributed by atoms with Gasteiger partial charge < -0.3 is 0 Å². The number of rotatable bonds is 2. The summed E-state index contributed by atoms with van der Waals surface area (Å²) in [6, 6.07) is 7.05. The minimum absolute atomic E-state index is 0.264. The summed E-state index contributed by atoms with van der Waals surface area (Å²) < 4.78 is 123. The molecule has 0 saturated heterocycles. The van der Waals surface area contributed by atoms with Crippen LogP contribution in [0, 0.1) is 69.8 Å². The summed E-state index contributed by atoms with van der Waals surface area (Å²) in [4.78, 5) is 26.9. The van der Waals surface area contributed by atoms with Crippen LogP contribution >= 0.6 is 0 Å². The van der Waals surface area contributed by atoms with E-state index < -0.39 is 100 Å². The van der Waals surface area contributed by atoms with Gasteiger partial charge in [-0.1, -0.05) is 12.1 Å². The molecule has 8 atom stereocenters. The monoisotopic (exact) mass is 584 g/mol. The maximum absolute atomic E-state index is 16.2. The third-order valence-corrected chi connectivity index (χ3v) is 8.68. The smallest absolute Gasteiger partial charge is 0.299 e. The normalized spacial score (nSPS) is 33.2. The average molecular weight is 584 g/mol.